The van der Waals surface area contributed by atoms with Crippen LogP contribution in [0.1, 0.15) is 51.9 Å². The van der Waals surface area contributed by atoms with E-state index in [4.69, 9.17) is 4.74 Å². The largest absolute Gasteiger partial charge is 0.452 e. The van der Waals surface area contributed by atoms with Crippen molar-refractivity contribution in [2.45, 2.75) is 64.0 Å². The zero-order chi connectivity index (χ0) is 19.5. The first-order chi connectivity index (χ1) is 13.0. The molecule has 3 amide bonds. The molecule has 148 valence electrons. The number of hydrogen-bond donors (Lipinski definition) is 3. The number of carbonyl (C=O) groups excluding carboxylic acids is 3. The molecule has 3 N–H and O–H groups in total. The maximum absolute atomic E-state index is 12.2. The number of urea groups is 1. The van der Waals surface area contributed by atoms with Crippen molar-refractivity contribution in [2.75, 3.05) is 11.9 Å². The Hall–Kier alpha value is -2.57. The van der Waals surface area contributed by atoms with Gasteiger partial charge in [0.05, 0.1) is 6.42 Å². The van der Waals surface area contributed by atoms with Gasteiger partial charge in [0.25, 0.3) is 5.91 Å². The Morgan fingerprint density at radius 2 is 1.74 bits per heavy atom. The minimum Gasteiger partial charge on any atom is -0.452 e. The number of anilines is 1. The molecule has 1 aromatic rings. The van der Waals surface area contributed by atoms with E-state index in [0.717, 1.165) is 25.7 Å². The summed E-state index contributed by atoms with van der Waals surface area (Å²) in [5.41, 5.74) is 0.668. The first kappa shape index (κ1) is 20.7. The third kappa shape index (κ3) is 8.11. The van der Waals surface area contributed by atoms with Crippen LogP contribution in [0.25, 0.3) is 0 Å². The van der Waals surface area contributed by atoms with Crippen molar-refractivity contribution < 1.29 is 19.1 Å². The van der Waals surface area contributed by atoms with E-state index < -0.39 is 18.1 Å². The molecule has 0 unspecified atom stereocenters. The molecule has 7 heteroatoms. The van der Waals surface area contributed by atoms with Gasteiger partial charge in [-0.1, -0.05) is 43.9 Å². The van der Waals surface area contributed by atoms with Crippen LogP contribution in [0.4, 0.5) is 10.5 Å². The molecule has 0 bridgehead atoms. The Morgan fingerprint density at radius 3 is 2.41 bits per heavy atom. The Balaban J connectivity index is 1.62. The molecule has 0 radical (unpaired) electrons. The van der Waals surface area contributed by atoms with Gasteiger partial charge in [0.2, 0.25) is 0 Å². The molecule has 0 aliphatic heterocycles. The van der Waals surface area contributed by atoms with E-state index in [9.17, 15) is 14.4 Å². The molecular weight excluding hydrogens is 346 g/mol. The number of nitrogens with one attached hydrogen (secondary N) is 3. The minimum absolute atomic E-state index is 0.00323. The van der Waals surface area contributed by atoms with Crippen LogP contribution >= 0.6 is 0 Å². The monoisotopic (exact) mass is 375 g/mol. The van der Waals surface area contributed by atoms with E-state index in [0.29, 0.717) is 5.69 Å². The number of esters is 1. The Kier molecular flexibility index (Phi) is 8.61. The molecule has 2 rings (SSSR count). The summed E-state index contributed by atoms with van der Waals surface area (Å²) in [5.74, 6) is -0.774. The van der Waals surface area contributed by atoms with Crippen molar-refractivity contribution in [1.82, 2.24) is 10.6 Å². The van der Waals surface area contributed by atoms with Crippen LogP contribution in [0.15, 0.2) is 30.3 Å². The maximum atomic E-state index is 12.2. The smallest absolute Gasteiger partial charge is 0.319 e. The van der Waals surface area contributed by atoms with Crippen molar-refractivity contribution in [1.29, 1.82) is 0 Å². The summed E-state index contributed by atoms with van der Waals surface area (Å²) < 4.78 is 5.16. The second-order valence-corrected chi connectivity index (χ2v) is 6.83. The summed E-state index contributed by atoms with van der Waals surface area (Å²) >= 11 is 0. The zero-order valence-corrected chi connectivity index (χ0v) is 15.8. The number of benzene rings is 1. The molecule has 1 saturated carbocycles. The van der Waals surface area contributed by atoms with E-state index in [1.807, 2.05) is 18.2 Å². The van der Waals surface area contributed by atoms with Crippen molar-refractivity contribution in [3.05, 3.63) is 30.3 Å². The van der Waals surface area contributed by atoms with Crippen molar-refractivity contribution in [3.8, 4) is 0 Å². The van der Waals surface area contributed by atoms with Crippen molar-refractivity contribution in [3.63, 3.8) is 0 Å². The minimum atomic E-state index is -0.834. The summed E-state index contributed by atoms with van der Waals surface area (Å²) in [7, 11) is 0. The van der Waals surface area contributed by atoms with Gasteiger partial charge < -0.3 is 20.7 Å². The van der Waals surface area contributed by atoms with Crippen LogP contribution in [0, 0.1) is 0 Å². The zero-order valence-electron chi connectivity index (χ0n) is 15.8. The first-order valence-electron chi connectivity index (χ1n) is 9.64. The molecule has 1 atom stereocenters. The fourth-order valence-electron chi connectivity index (χ4n) is 3.03. The van der Waals surface area contributed by atoms with Gasteiger partial charge in [-0.2, -0.15) is 0 Å². The average Bonchev–Trinajstić information content (AvgIpc) is 2.91. The quantitative estimate of drug-likeness (QED) is 0.504. The summed E-state index contributed by atoms with van der Waals surface area (Å²) in [5, 5.41) is 8.21. The van der Waals surface area contributed by atoms with Gasteiger partial charge in [0, 0.05) is 18.3 Å². The standard InChI is InChI=1S/C20H29N3O4/c1-15(19(25)22-16-9-5-2-3-6-10-16)27-18(24)13-14-21-20(26)23-17-11-7-4-8-12-17/h4,7-8,11-12,15-16H,2-3,5-6,9-10,13-14H2,1H3,(H,22,25)(H2,21,23,26)/t15-/m1/s1. The van der Waals surface area contributed by atoms with Crippen LogP contribution in [0.2, 0.25) is 0 Å². The Labute approximate surface area is 160 Å². The lowest BCUT2D eigenvalue weighted by Gasteiger charge is -2.19. The van der Waals surface area contributed by atoms with E-state index in [-0.39, 0.29) is 24.9 Å². The topological polar surface area (TPSA) is 96.5 Å². The van der Waals surface area contributed by atoms with E-state index in [2.05, 4.69) is 16.0 Å². The third-order valence-corrected chi connectivity index (χ3v) is 4.53. The fraction of sp³-hybridized carbons (Fsp3) is 0.550. The van der Waals surface area contributed by atoms with Crippen LogP contribution < -0.4 is 16.0 Å². The molecule has 1 aliphatic rings. The van der Waals surface area contributed by atoms with E-state index in [1.54, 1.807) is 19.1 Å². The maximum Gasteiger partial charge on any atom is 0.319 e. The Morgan fingerprint density at radius 1 is 1.07 bits per heavy atom. The summed E-state index contributed by atoms with van der Waals surface area (Å²) in [4.78, 5) is 35.8. The number of ether oxygens (including phenoxy) is 1. The van der Waals surface area contributed by atoms with Gasteiger partial charge in [-0.3, -0.25) is 9.59 Å². The van der Waals surface area contributed by atoms with Crippen molar-refractivity contribution in [2.24, 2.45) is 0 Å². The SMILES string of the molecule is C[C@@H](OC(=O)CCNC(=O)Nc1ccccc1)C(=O)NC1CCCCCC1. The molecule has 1 aliphatic carbocycles. The molecule has 1 fully saturated rings. The highest BCUT2D eigenvalue weighted by molar-refractivity contribution is 5.89. The normalized spacial score (nSPS) is 15.9. The molecule has 1 aromatic carbocycles. The first-order valence-corrected chi connectivity index (χ1v) is 9.64. The molecule has 0 saturated heterocycles. The molecular formula is C20H29N3O4. The summed E-state index contributed by atoms with van der Waals surface area (Å²) in [6.45, 7) is 1.70. The van der Waals surface area contributed by atoms with Gasteiger partial charge >= 0.3 is 12.0 Å². The number of amides is 3. The fourth-order valence-corrected chi connectivity index (χ4v) is 3.03. The van der Waals surface area contributed by atoms with Gasteiger partial charge in [0.1, 0.15) is 0 Å². The van der Waals surface area contributed by atoms with Gasteiger partial charge in [0.15, 0.2) is 6.10 Å². The van der Waals surface area contributed by atoms with E-state index >= 15 is 0 Å². The van der Waals surface area contributed by atoms with Crippen molar-refractivity contribution >= 4 is 23.6 Å². The van der Waals surface area contributed by atoms with Gasteiger partial charge in [-0.25, -0.2) is 4.79 Å². The third-order valence-electron chi connectivity index (χ3n) is 4.53. The highest BCUT2D eigenvalue weighted by Crippen LogP contribution is 2.17. The van der Waals surface area contributed by atoms with Crippen LogP contribution in [0.3, 0.4) is 0 Å². The molecule has 7 nitrogen and oxygen atoms in total. The van der Waals surface area contributed by atoms with Crippen LogP contribution in [0.5, 0.6) is 0 Å². The molecule has 0 heterocycles. The van der Waals surface area contributed by atoms with Gasteiger partial charge in [-0.05, 0) is 31.9 Å². The molecule has 0 spiro atoms. The number of hydrogen-bond acceptors (Lipinski definition) is 4. The highest BCUT2D eigenvalue weighted by Gasteiger charge is 2.21. The predicted molar refractivity (Wildman–Crippen MR) is 103 cm³/mol. The second kappa shape index (κ2) is 11.2. The van der Waals surface area contributed by atoms with Crippen LogP contribution in [-0.4, -0.2) is 36.6 Å². The number of para-hydroxylation sites is 1. The lowest BCUT2D eigenvalue weighted by atomic mass is 10.1. The number of carbonyl (C=O) groups is 3. The lowest BCUT2D eigenvalue weighted by Crippen LogP contribution is -2.42. The summed E-state index contributed by atoms with van der Waals surface area (Å²) in [6, 6.07) is 8.79. The highest BCUT2D eigenvalue weighted by atomic mass is 16.5. The Bertz CT molecular complexity index is 613. The average molecular weight is 375 g/mol. The molecule has 0 aromatic heterocycles. The number of rotatable bonds is 7. The summed E-state index contributed by atoms with van der Waals surface area (Å²) in [6.07, 6.45) is 5.79. The predicted octanol–water partition coefficient (Wildman–Crippen LogP) is 2.97. The van der Waals surface area contributed by atoms with Crippen LogP contribution in [-0.2, 0) is 14.3 Å². The lowest BCUT2D eigenvalue weighted by molar-refractivity contribution is -0.155. The van der Waals surface area contributed by atoms with E-state index in [1.165, 1.54) is 12.8 Å². The second-order valence-electron chi connectivity index (χ2n) is 6.83. The molecule has 27 heavy (non-hydrogen) atoms. The van der Waals surface area contributed by atoms with Gasteiger partial charge in [-0.15, -0.1) is 0 Å².